The van der Waals surface area contributed by atoms with Crippen LogP contribution in [-0.4, -0.2) is 28.7 Å². The Morgan fingerprint density at radius 1 is 1.44 bits per heavy atom. The van der Waals surface area contributed by atoms with Crippen molar-refractivity contribution in [1.82, 2.24) is 5.32 Å². The van der Waals surface area contributed by atoms with Crippen LogP contribution < -0.4 is 5.32 Å². The van der Waals surface area contributed by atoms with E-state index in [1.807, 2.05) is 17.5 Å². The van der Waals surface area contributed by atoms with Crippen LogP contribution in [0.1, 0.15) is 11.3 Å². The van der Waals surface area contributed by atoms with Gasteiger partial charge < -0.3 is 15.5 Å². The van der Waals surface area contributed by atoms with E-state index < -0.39 is 17.9 Å². The molecule has 1 aromatic heterocycles. The van der Waals surface area contributed by atoms with Gasteiger partial charge in [0.1, 0.15) is 0 Å². The van der Waals surface area contributed by atoms with E-state index in [9.17, 15) is 9.59 Å². The van der Waals surface area contributed by atoms with Gasteiger partial charge in [-0.1, -0.05) is 6.07 Å². The zero-order valence-corrected chi connectivity index (χ0v) is 9.37. The minimum absolute atomic E-state index is 0.166. The average Bonchev–Trinajstić information content (AvgIpc) is 2.68. The fourth-order valence-corrected chi connectivity index (χ4v) is 1.91. The number of hydrogen-bond acceptors (Lipinski definition) is 4. The molecule has 1 aromatic rings. The Hall–Kier alpha value is -1.40. The molecule has 3 N–H and O–H groups in total. The Bertz CT molecular complexity index is 350. The van der Waals surface area contributed by atoms with E-state index in [4.69, 9.17) is 10.2 Å². The molecule has 0 aliphatic heterocycles. The first-order valence-corrected chi connectivity index (χ1v) is 5.65. The van der Waals surface area contributed by atoms with Crippen molar-refractivity contribution in [2.24, 2.45) is 5.92 Å². The van der Waals surface area contributed by atoms with Gasteiger partial charge in [-0.3, -0.25) is 9.59 Å². The first-order valence-electron chi connectivity index (χ1n) is 4.77. The molecule has 88 valence electrons. The summed E-state index contributed by atoms with van der Waals surface area (Å²) in [6.45, 7) is 0.737. The zero-order chi connectivity index (χ0) is 12.0. The van der Waals surface area contributed by atoms with Gasteiger partial charge in [0.05, 0.1) is 12.3 Å². The second-order valence-electron chi connectivity index (χ2n) is 3.34. The predicted octanol–water partition coefficient (Wildman–Crippen LogP) is 1.01. The lowest BCUT2D eigenvalue weighted by atomic mass is 10.1. The lowest BCUT2D eigenvalue weighted by molar-refractivity contribution is -0.148. The number of thiophene rings is 1. The normalized spacial score (nSPS) is 12.2. The van der Waals surface area contributed by atoms with Crippen LogP contribution in [0.2, 0.25) is 0 Å². The summed E-state index contributed by atoms with van der Waals surface area (Å²) in [7, 11) is 0. The Morgan fingerprint density at radius 3 is 2.69 bits per heavy atom. The van der Waals surface area contributed by atoms with Gasteiger partial charge in [0.2, 0.25) is 0 Å². The summed E-state index contributed by atoms with van der Waals surface area (Å²) in [5.41, 5.74) is 0. The Morgan fingerprint density at radius 2 is 2.19 bits per heavy atom. The van der Waals surface area contributed by atoms with Gasteiger partial charge in [0.15, 0.2) is 0 Å². The largest absolute Gasteiger partial charge is 0.481 e. The SMILES string of the molecule is O=C(O)CC(CNCc1cccs1)C(=O)O. The van der Waals surface area contributed by atoms with Gasteiger partial charge in [-0.25, -0.2) is 0 Å². The van der Waals surface area contributed by atoms with Crippen LogP contribution in [0.25, 0.3) is 0 Å². The second kappa shape index (κ2) is 6.24. The molecule has 1 unspecified atom stereocenters. The van der Waals surface area contributed by atoms with E-state index >= 15 is 0 Å². The topological polar surface area (TPSA) is 86.6 Å². The van der Waals surface area contributed by atoms with Crippen molar-refractivity contribution in [3.05, 3.63) is 22.4 Å². The number of aliphatic carboxylic acids is 2. The molecule has 0 spiro atoms. The van der Waals surface area contributed by atoms with Crippen molar-refractivity contribution in [1.29, 1.82) is 0 Å². The van der Waals surface area contributed by atoms with Gasteiger partial charge in [0, 0.05) is 18.0 Å². The molecule has 0 fully saturated rings. The molecule has 0 bridgehead atoms. The van der Waals surface area contributed by atoms with Crippen LogP contribution >= 0.6 is 11.3 Å². The summed E-state index contributed by atoms with van der Waals surface area (Å²) in [6, 6.07) is 3.85. The van der Waals surface area contributed by atoms with Gasteiger partial charge in [-0.05, 0) is 11.4 Å². The highest BCUT2D eigenvalue weighted by atomic mass is 32.1. The molecular weight excluding hydrogens is 230 g/mol. The highest BCUT2D eigenvalue weighted by molar-refractivity contribution is 7.09. The molecule has 0 aliphatic carbocycles. The summed E-state index contributed by atoms with van der Waals surface area (Å²) >= 11 is 1.57. The minimum Gasteiger partial charge on any atom is -0.481 e. The molecule has 0 saturated heterocycles. The highest BCUT2D eigenvalue weighted by Gasteiger charge is 2.20. The number of carbonyl (C=O) groups is 2. The molecule has 6 heteroatoms. The molecule has 0 aromatic carbocycles. The van der Waals surface area contributed by atoms with E-state index in [-0.39, 0.29) is 13.0 Å². The Balaban J connectivity index is 2.32. The van der Waals surface area contributed by atoms with Crippen LogP contribution in [0, 0.1) is 5.92 Å². The maximum atomic E-state index is 10.7. The first kappa shape index (κ1) is 12.7. The lowest BCUT2D eigenvalue weighted by Gasteiger charge is -2.10. The van der Waals surface area contributed by atoms with Gasteiger partial charge >= 0.3 is 11.9 Å². The van der Waals surface area contributed by atoms with Crippen LogP contribution in [-0.2, 0) is 16.1 Å². The fraction of sp³-hybridized carbons (Fsp3) is 0.400. The van der Waals surface area contributed by atoms with Gasteiger partial charge in [0.25, 0.3) is 0 Å². The molecular formula is C10H13NO4S. The highest BCUT2D eigenvalue weighted by Crippen LogP contribution is 2.08. The monoisotopic (exact) mass is 243 g/mol. The summed E-state index contributed by atoms with van der Waals surface area (Å²) in [5, 5.41) is 22.2. The third-order valence-corrected chi connectivity index (χ3v) is 2.92. The van der Waals surface area contributed by atoms with E-state index in [1.54, 1.807) is 11.3 Å². The van der Waals surface area contributed by atoms with Crippen molar-refractivity contribution < 1.29 is 19.8 Å². The molecule has 0 amide bonds. The van der Waals surface area contributed by atoms with Crippen molar-refractivity contribution in [2.45, 2.75) is 13.0 Å². The molecule has 1 rings (SSSR count). The predicted molar refractivity (Wildman–Crippen MR) is 59.4 cm³/mol. The van der Waals surface area contributed by atoms with Crippen molar-refractivity contribution in [3.8, 4) is 0 Å². The van der Waals surface area contributed by atoms with E-state index in [0.29, 0.717) is 6.54 Å². The molecule has 0 radical (unpaired) electrons. The number of nitrogens with one attached hydrogen (secondary N) is 1. The van der Waals surface area contributed by atoms with Gasteiger partial charge in [-0.15, -0.1) is 11.3 Å². The zero-order valence-electron chi connectivity index (χ0n) is 8.55. The maximum absolute atomic E-state index is 10.7. The molecule has 16 heavy (non-hydrogen) atoms. The number of rotatable bonds is 7. The molecule has 1 atom stereocenters. The molecule has 0 aliphatic rings. The maximum Gasteiger partial charge on any atom is 0.308 e. The second-order valence-corrected chi connectivity index (χ2v) is 4.38. The summed E-state index contributed by atoms with van der Waals surface area (Å²) in [4.78, 5) is 22.2. The fourth-order valence-electron chi connectivity index (χ4n) is 1.24. The van der Waals surface area contributed by atoms with Crippen LogP contribution in [0.5, 0.6) is 0 Å². The smallest absolute Gasteiger partial charge is 0.308 e. The number of hydrogen-bond donors (Lipinski definition) is 3. The minimum atomic E-state index is -1.09. The number of carboxylic acid groups (broad SMARTS) is 2. The van der Waals surface area contributed by atoms with E-state index in [1.165, 1.54) is 0 Å². The Kier molecular flexibility index (Phi) is 4.94. The van der Waals surface area contributed by atoms with Crippen LogP contribution in [0.3, 0.4) is 0 Å². The average molecular weight is 243 g/mol. The van der Waals surface area contributed by atoms with Crippen LogP contribution in [0.4, 0.5) is 0 Å². The third kappa shape index (κ3) is 4.41. The molecule has 5 nitrogen and oxygen atoms in total. The standard InChI is InChI=1S/C10H13NO4S/c12-9(13)4-7(10(14)15)5-11-6-8-2-1-3-16-8/h1-3,7,11H,4-6H2,(H,12,13)(H,14,15). The van der Waals surface area contributed by atoms with E-state index in [2.05, 4.69) is 5.32 Å². The van der Waals surface area contributed by atoms with Crippen molar-refractivity contribution in [2.75, 3.05) is 6.54 Å². The van der Waals surface area contributed by atoms with Crippen molar-refractivity contribution >= 4 is 23.3 Å². The summed E-state index contributed by atoms with van der Waals surface area (Å²) in [6.07, 6.45) is -0.354. The summed E-state index contributed by atoms with van der Waals surface area (Å²) in [5.74, 6) is -3.05. The first-order chi connectivity index (χ1) is 7.59. The third-order valence-electron chi connectivity index (χ3n) is 2.04. The Labute approximate surface area is 96.7 Å². The summed E-state index contributed by atoms with van der Waals surface area (Å²) < 4.78 is 0. The van der Waals surface area contributed by atoms with Crippen LogP contribution in [0.15, 0.2) is 17.5 Å². The quantitative estimate of drug-likeness (QED) is 0.665. The molecule has 1 heterocycles. The van der Waals surface area contributed by atoms with E-state index in [0.717, 1.165) is 4.88 Å². The number of carboxylic acids is 2. The molecule has 0 saturated carbocycles. The van der Waals surface area contributed by atoms with Crippen molar-refractivity contribution in [3.63, 3.8) is 0 Å². The lowest BCUT2D eigenvalue weighted by Crippen LogP contribution is -2.29. The van der Waals surface area contributed by atoms with Gasteiger partial charge in [-0.2, -0.15) is 0 Å².